The van der Waals surface area contributed by atoms with Crippen molar-refractivity contribution in [3.8, 4) is 5.75 Å². The van der Waals surface area contributed by atoms with E-state index < -0.39 is 17.7 Å². The van der Waals surface area contributed by atoms with Crippen LogP contribution in [0.15, 0.2) is 78.6 Å². The van der Waals surface area contributed by atoms with Gasteiger partial charge in [0.15, 0.2) is 0 Å². The Balaban J connectivity index is 1.85. The number of carbonyl (C=O) groups is 2. The number of hydrogen-bond acceptors (Lipinski definition) is 5. The third-order valence-corrected chi connectivity index (χ3v) is 5.88. The molecule has 168 valence electrons. The molecule has 1 atom stereocenters. The predicted octanol–water partition coefficient (Wildman–Crippen LogP) is 4.84. The second-order valence-corrected chi connectivity index (χ2v) is 8.34. The van der Waals surface area contributed by atoms with Gasteiger partial charge in [-0.1, -0.05) is 56.3 Å². The third-order valence-electron chi connectivity index (χ3n) is 5.88. The second-order valence-electron chi connectivity index (χ2n) is 8.34. The number of carbonyl (C=O) groups excluding carboxylic acids is 2. The molecule has 1 N–H and O–H groups in total. The lowest BCUT2D eigenvalue weighted by atomic mass is 9.93. The largest absolute Gasteiger partial charge is 0.507 e. The lowest BCUT2D eigenvalue weighted by Gasteiger charge is -2.25. The number of ketones is 1. The van der Waals surface area contributed by atoms with Crippen LogP contribution < -0.4 is 4.74 Å². The van der Waals surface area contributed by atoms with Gasteiger partial charge in [-0.15, -0.1) is 0 Å². The first-order valence-corrected chi connectivity index (χ1v) is 10.8. The number of nitrogens with zero attached hydrogens (tertiary/aromatic N) is 2. The van der Waals surface area contributed by atoms with Gasteiger partial charge in [0.25, 0.3) is 11.7 Å². The number of methoxy groups -OCH3 is 1. The lowest BCUT2D eigenvalue weighted by Crippen LogP contribution is -2.29. The zero-order valence-corrected chi connectivity index (χ0v) is 18.9. The van der Waals surface area contributed by atoms with Gasteiger partial charge in [0.05, 0.1) is 18.7 Å². The van der Waals surface area contributed by atoms with Gasteiger partial charge in [0.1, 0.15) is 11.5 Å². The highest BCUT2D eigenvalue weighted by Gasteiger charge is 2.46. The summed E-state index contributed by atoms with van der Waals surface area (Å²) >= 11 is 0. The molecule has 4 rings (SSSR count). The Bertz CT molecular complexity index is 1200. The van der Waals surface area contributed by atoms with Crippen LogP contribution in [0.1, 0.15) is 48.1 Å². The molecule has 6 heteroatoms. The van der Waals surface area contributed by atoms with Crippen molar-refractivity contribution >= 4 is 17.4 Å². The minimum atomic E-state index is -0.724. The number of aliphatic hydroxyl groups is 1. The van der Waals surface area contributed by atoms with Gasteiger partial charge in [-0.2, -0.15) is 0 Å². The first-order chi connectivity index (χ1) is 15.9. The van der Waals surface area contributed by atoms with Gasteiger partial charge in [-0.05, 0) is 40.8 Å². The topological polar surface area (TPSA) is 79.7 Å². The highest BCUT2D eigenvalue weighted by Crippen LogP contribution is 2.40. The quantitative estimate of drug-likeness (QED) is 0.336. The molecule has 2 aromatic carbocycles. The monoisotopic (exact) mass is 442 g/mol. The van der Waals surface area contributed by atoms with Gasteiger partial charge < -0.3 is 14.7 Å². The van der Waals surface area contributed by atoms with Crippen molar-refractivity contribution in [2.24, 2.45) is 0 Å². The highest BCUT2D eigenvalue weighted by atomic mass is 16.5. The van der Waals surface area contributed by atoms with Crippen molar-refractivity contribution < 1.29 is 19.4 Å². The van der Waals surface area contributed by atoms with E-state index in [-0.39, 0.29) is 17.9 Å². The number of pyridine rings is 1. The van der Waals surface area contributed by atoms with Crippen LogP contribution in [0.3, 0.4) is 0 Å². The van der Waals surface area contributed by atoms with E-state index in [0.29, 0.717) is 17.2 Å². The van der Waals surface area contributed by atoms with E-state index in [1.165, 1.54) is 12.0 Å². The Kier molecular flexibility index (Phi) is 6.27. The Labute approximate surface area is 193 Å². The number of aromatic nitrogens is 1. The summed E-state index contributed by atoms with van der Waals surface area (Å²) in [6.07, 6.45) is 3.32. The lowest BCUT2D eigenvalue weighted by molar-refractivity contribution is -0.140. The molecule has 1 amide bonds. The first kappa shape index (κ1) is 22.3. The molecule has 6 nitrogen and oxygen atoms in total. The molecule has 0 aliphatic carbocycles. The molecule has 1 saturated heterocycles. The predicted molar refractivity (Wildman–Crippen MR) is 126 cm³/mol. The van der Waals surface area contributed by atoms with Crippen molar-refractivity contribution in [2.75, 3.05) is 7.11 Å². The van der Waals surface area contributed by atoms with Crippen molar-refractivity contribution in [1.29, 1.82) is 0 Å². The average molecular weight is 443 g/mol. The van der Waals surface area contributed by atoms with Crippen LogP contribution in [0.4, 0.5) is 0 Å². The summed E-state index contributed by atoms with van der Waals surface area (Å²) in [4.78, 5) is 31.9. The van der Waals surface area contributed by atoms with Gasteiger partial charge >= 0.3 is 0 Å². The van der Waals surface area contributed by atoms with Gasteiger partial charge in [0, 0.05) is 24.5 Å². The van der Waals surface area contributed by atoms with E-state index in [0.717, 1.165) is 16.7 Å². The van der Waals surface area contributed by atoms with Crippen molar-refractivity contribution in [3.63, 3.8) is 0 Å². The number of amides is 1. The fraction of sp³-hybridized carbons (Fsp3) is 0.222. The summed E-state index contributed by atoms with van der Waals surface area (Å²) in [6, 6.07) is 17.5. The van der Waals surface area contributed by atoms with Gasteiger partial charge in [-0.25, -0.2) is 0 Å². The molecule has 1 aliphatic rings. The van der Waals surface area contributed by atoms with Crippen LogP contribution in [0, 0.1) is 0 Å². The molecule has 3 aromatic rings. The van der Waals surface area contributed by atoms with Crippen LogP contribution in [-0.2, 0) is 16.1 Å². The molecule has 1 aliphatic heterocycles. The normalized spacial score (nSPS) is 17.6. The number of rotatable bonds is 6. The third kappa shape index (κ3) is 4.37. The van der Waals surface area contributed by atoms with Crippen LogP contribution in [0.5, 0.6) is 5.75 Å². The number of aliphatic hydroxyl groups excluding tert-OH is 1. The van der Waals surface area contributed by atoms with E-state index >= 15 is 0 Å². The first-order valence-electron chi connectivity index (χ1n) is 10.8. The Morgan fingerprint density at radius 2 is 1.85 bits per heavy atom. The number of hydrogen-bond donors (Lipinski definition) is 1. The SMILES string of the molecule is COc1cccc(C(O)=C2C(=O)C(=O)N(Cc3cccnc3)[C@H]2c2ccc(C(C)C)cc2)c1. The van der Waals surface area contributed by atoms with E-state index in [2.05, 4.69) is 18.8 Å². The van der Waals surface area contributed by atoms with Crippen LogP contribution in [0.2, 0.25) is 0 Å². The molecule has 33 heavy (non-hydrogen) atoms. The van der Waals surface area contributed by atoms with Crippen LogP contribution >= 0.6 is 0 Å². The summed E-state index contributed by atoms with van der Waals surface area (Å²) in [5.74, 6) is -0.698. The Morgan fingerprint density at radius 1 is 1.09 bits per heavy atom. The van der Waals surface area contributed by atoms with Crippen molar-refractivity contribution in [1.82, 2.24) is 9.88 Å². The Hall–Kier alpha value is -3.93. The number of Topliss-reactive ketones (excluding diaryl/α,β-unsaturated/α-hetero) is 1. The summed E-state index contributed by atoms with van der Waals surface area (Å²) in [7, 11) is 1.53. The Morgan fingerprint density at radius 3 is 2.48 bits per heavy atom. The standard InChI is InChI=1S/C27H26N2O4/c1-17(2)19-9-11-20(12-10-19)24-23(25(30)21-7-4-8-22(14-21)33-3)26(31)27(32)29(24)16-18-6-5-13-28-15-18/h4-15,17,24,30H,16H2,1-3H3/t24-/m0/s1. The van der Waals surface area contributed by atoms with E-state index in [4.69, 9.17) is 4.74 Å². The van der Waals surface area contributed by atoms with E-state index in [1.807, 2.05) is 30.3 Å². The summed E-state index contributed by atoms with van der Waals surface area (Å²) < 4.78 is 5.26. The van der Waals surface area contributed by atoms with Crippen molar-refractivity contribution in [3.05, 3.63) is 101 Å². The molecular weight excluding hydrogens is 416 g/mol. The van der Waals surface area contributed by atoms with Crippen LogP contribution in [0.25, 0.3) is 5.76 Å². The zero-order valence-electron chi connectivity index (χ0n) is 18.9. The summed E-state index contributed by atoms with van der Waals surface area (Å²) in [5.41, 5.74) is 3.18. The highest BCUT2D eigenvalue weighted by molar-refractivity contribution is 6.46. The van der Waals surface area contributed by atoms with Gasteiger partial charge in [0.2, 0.25) is 0 Å². The fourth-order valence-corrected chi connectivity index (χ4v) is 4.07. The molecule has 2 heterocycles. The molecule has 0 unspecified atom stereocenters. The maximum Gasteiger partial charge on any atom is 0.295 e. The van der Waals surface area contributed by atoms with Crippen molar-refractivity contribution in [2.45, 2.75) is 32.4 Å². The second kappa shape index (κ2) is 9.28. The molecule has 0 bridgehead atoms. The number of ether oxygens (including phenoxy) is 1. The minimum Gasteiger partial charge on any atom is -0.507 e. The van der Waals surface area contributed by atoms with E-state index in [1.54, 1.807) is 42.7 Å². The maximum atomic E-state index is 13.2. The molecular formula is C27H26N2O4. The average Bonchev–Trinajstić information content (AvgIpc) is 3.09. The van der Waals surface area contributed by atoms with E-state index in [9.17, 15) is 14.7 Å². The number of benzene rings is 2. The zero-order chi connectivity index (χ0) is 23.5. The summed E-state index contributed by atoms with van der Waals surface area (Å²) in [6.45, 7) is 4.41. The molecule has 0 spiro atoms. The number of likely N-dealkylation sites (tertiary alicyclic amines) is 1. The summed E-state index contributed by atoms with van der Waals surface area (Å²) in [5, 5.41) is 11.2. The minimum absolute atomic E-state index is 0.0643. The fourth-order valence-electron chi connectivity index (χ4n) is 4.07. The molecule has 1 aromatic heterocycles. The van der Waals surface area contributed by atoms with Crippen LogP contribution in [-0.4, -0.2) is 33.8 Å². The molecule has 1 fully saturated rings. The maximum absolute atomic E-state index is 13.2. The molecule has 0 radical (unpaired) electrons. The molecule has 0 saturated carbocycles. The smallest absolute Gasteiger partial charge is 0.295 e. The van der Waals surface area contributed by atoms with Gasteiger partial charge in [-0.3, -0.25) is 14.6 Å².